The summed E-state index contributed by atoms with van der Waals surface area (Å²) >= 11 is 1.03. The Morgan fingerprint density at radius 2 is 1.55 bits per heavy atom. The summed E-state index contributed by atoms with van der Waals surface area (Å²) in [6, 6.07) is 7.24. The van der Waals surface area contributed by atoms with Crippen molar-refractivity contribution in [2.45, 2.75) is 9.79 Å². The number of amides is 1. The molecule has 1 aliphatic heterocycles. The van der Waals surface area contributed by atoms with Gasteiger partial charge < -0.3 is 4.90 Å². The highest BCUT2D eigenvalue weighted by Crippen LogP contribution is 2.25. The Kier molecular flexibility index (Phi) is 6.49. The highest BCUT2D eigenvalue weighted by Gasteiger charge is 2.33. The van der Waals surface area contributed by atoms with E-state index in [2.05, 4.69) is 0 Å². The number of halogens is 4. The maximum Gasteiger partial charge on any atom is 0.246 e. The summed E-state index contributed by atoms with van der Waals surface area (Å²) in [5, 5.41) is 0. The number of piperazine rings is 1. The van der Waals surface area contributed by atoms with Gasteiger partial charge in [0.15, 0.2) is 17.5 Å². The zero-order chi connectivity index (χ0) is 21.2. The molecule has 1 fully saturated rings. The number of thioether (sulfide) groups is 1. The minimum absolute atomic E-state index is 0.0223. The molecule has 0 aliphatic carbocycles. The van der Waals surface area contributed by atoms with Crippen LogP contribution in [-0.2, 0) is 14.8 Å². The van der Waals surface area contributed by atoms with E-state index < -0.39 is 38.2 Å². The van der Waals surface area contributed by atoms with Crippen molar-refractivity contribution in [2.75, 3.05) is 31.9 Å². The predicted molar refractivity (Wildman–Crippen MR) is 98.8 cm³/mol. The van der Waals surface area contributed by atoms with Crippen LogP contribution in [0.3, 0.4) is 0 Å². The Balaban J connectivity index is 1.62. The number of benzene rings is 2. The third-order valence-electron chi connectivity index (χ3n) is 4.40. The van der Waals surface area contributed by atoms with Gasteiger partial charge in [-0.2, -0.15) is 4.31 Å². The van der Waals surface area contributed by atoms with E-state index in [0.29, 0.717) is 17.0 Å². The number of carbonyl (C=O) groups is 1. The summed E-state index contributed by atoms with van der Waals surface area (Å²) in [6.07, 6.45) is 0. The molecular weight excluding hydrogens is 432 g/mol. The van der Waals surface area contributed by atoms with E-state index in [4.69, 9.17) is 0 Å². The lowest BCUT2D eigenvalue weighted by atomic mass is 10.3. The second-order valence-electron chi connectivity index (χ2n) is 6.18. The van der Waals surface area contributed by atoms with Crippen molar-refractivity contribution in [3.8, 4) is 0 Å². The van der Waals surface area contributed by atoms with Crippen molar-refractivity contribution >= 4 is 27.7 Å². The van der Waals surface area contributed by atoms with Crippen LogP contribution in [0, 0.1) is 23.3 Å². The molecule has 5 nitrogen and oxygen atoms in total. The Bertz CT molecular complexity index is 1030. The molecule has 1 amide bonds. The number of hydrogen-bond donors (Lipinski definition) is 0. The minimum atomic E-state index is -4.38. The minimum Gasteiger partial charge on any atom is -0.339 e. The maximum atomic E-state index is 13.9. The molecule has 2 aromatic rings. The summed E-state index contributed by atoms with van der Waals surface area (Å²) in [5.41, 5.74) is 0. The molecule has 0 radical (unpaired) electrons. The van der Waals surface area contributed by atoms with Gasteiger partial charge in [-0.15, -0.1) is 11.8 Å². The summed E-state index contributed by atoms with van der Waals surface area (Å²) in [5.74, 6) is -5.87. The number of carbonyl (C=O) groups excluding carboxylic acids is 1. The molecule has 0 spiro atoms. The first-order chi connectivity index (χ1) is 13.7. The molecule has 2 aromatic carbocycles. The topological polar surface area (TPSA) is 57.7 Å². The Morgan fingerprint density at radius 3 is 2.21 bits per heavy atom. The van der Waals surface area contributed by atoms with Gasteiger partial charge in [-0.1, -0.05) is 12.1 Å². The molecule has 1 aliphatic rings. The van der Waals surface area contributed by atoms with Gasteiger partial charge in [0.1, 0.15) is 10.7 Å². The molecule has 0 aromatic heterocycles. The second kappa shape index (κ2) is 8.72. The average molecular weight is 448 g/mol. The van der Waals surface area contributed by atoms with Gasteiger partial charge in [0, 0.05) is 31.1 Å². The van der Waals surface area contributed by atoms with Crippen LogP contribution in [0.2, 0.25) is 0 Å². The summed E-state index contributed by atoms with van der Waals surface area (Å²) < 4.78 is 80.0. The third-order valence-corrected chi connectivity index (χ3v) is 7.35. The van der Waals surface area contributed by atoms with Crippen molar-refractivity contribution < 1.29 is 30.8 Å². The summed E-state index contributed by atoms with van der Waals surface area (Å²) in [4.78, 5) is 13.1. The van der Waals surface area contributed by atoms with Crippen molar-refractivity contribution in [1.82, 2.24) is 9.21 Å². The molecule has 1 heterocycles. The van der Waals surface area contributed by atoms with E-state index in [1.807, 2.05) is 0 Å². The molecule has 3 rings (SSSR count). The van der Waals surface area contributed by atoms with E-state index in [1.54, 1.807) is 12.1 Å². The van der Waals surface area contributed by atoms with Gasteiger partial charge in [-0.25, -0.2) is 26.0 Å². The largest absolute Gasteiger partial charge is 0.339 e. The van der Waals surface area contributed by atoms with Gasteiger partial charge >= 0.3 is 0 Å². The van der Waals surface area contributed by atoms with E-state index in [0.717, 1.165) is 16.1 Å². The fourth-order valence-corrected chi connectivity index (χ4v) is 5.14. The van der Waals surface area contributed by atoms with Crippen molar-refractivity contribution in [2.24, 2.45) is 0 Å². The zero-order valence-electron chi connectivity index (χ0n) is 14.9. The van der Waals surface area contributed by atoms with E-state index in [1.165, 1.54) is 17.0 Å². The molecule has 29 heavy (non-hydrogen) atoms. The number of hydrogen-bond acceptors (Lipinski definition) is 4. The lowest BCUT2D eigenvalue weighted by molar-refractivity contribution is -0.129. The van der Waals surface area contributed by atoms with Crippen molar-refractivity contribution in [3.05, 3.63) is 59.7 Å². The smallest absolute Gasteiger partial charge is 0.246 e. The first-order valence-electron chi connectivity index (χ1n) is 8.50. The normalized spacial score (nSPS) is 15.5. The molecule has 0 unspecified atom stereocenters. The van der Waals surface area contributed by atoms with Crippen LogP contribution in [0.15, 0.2) is 46.2 Å². The van der Waals surface area contributed by atoms with Crippen LogP contribution >= 0.6 is 11.8 Å². The molecule has 0 bridgehead atoms. The zero-order valence-corrected chi connectivity index (χ0v) is 16.6. The van der Waals surface area contributed by atoms with Crippen LogP contribution in [0.25, 0.3) is 0 Å². The Labute approximate surface area is 169 Å². The van der Waals surface area contributed by atoms with Gasteiger partial charge in [0.2, 0.25) is 15.9 Å². The van der Waals surface area contributed by atoms with Crippen LogP contribution in [0.4, 0.5) is 17.6 Å². The van der Waals surface area contributed by atoms with E-state index in [-0.39, 0.29) is 37.8 Å². The molecule has 0 saturated carbocycles. The fraction of sp³-hybridized carbons (Fsp3) is 0.278. The van der Waals surface area contributed by atoms with E-state index >= 15 is 0 Å². The van der Waals surface area contributed by atoms with Crippen LogP contribution in [-0.4, -0.2) is 55.5 Å². The van der Waals surface area contributed by atoms with Crippen LogP contribution < -0.4 is 0 Å². The van der Waals surface area contributed by atoms with Crippen molar-refractivity contribution in [3.63, 3.8) is 0 Å². The highest BCUT2D eigenvalue weighted by atomic mass is 32.2. The van der Waals surface area contributed by atoms with Gasteiger partial charge in [-0.05, 0) is 24.3 Å². The molecule has 0 atom stereocenters. The molecule has 156 valence electrons. The average Bonchev–Trinajstić information content (AvgIpc) is 2.71. The highest BCUT2D eigenvalue weighted by molar-refractivity contribution is 8.00. The Morgan fingerprint density at radius 1 is 0.897 bits per heavy atom. The van der Waals surface area contributed by atoms with Crippen molar-refractivity contribution in [1.29, 1.82) is 0 Å². The van der Waals surface area contributed by atoms with Crippen LogP contribution in [0.5, 0.6) is 0 Å². The summed E-state index contributed by atoms with van der Waals surface area (Å²) in [7, 11) is -4.38. The monoisotopic (exact) mass is 448 g/mol. The Hall–Kier alpha value is -2.11. The quantitative estimate of drug-likeness (QED) is 0.401. The SMILES string of the molecule is O=C(CSc1ccccc1F)N1CCN(S(=O)(=O)c2ccc(F)c(F)c2F)CC1. The lowest BCUT2D eigenvalue weighted by Gasteiger charge is -2.34. The van der Waals surface area contributed by atoms with Gasteiger partial charge in [0.25, 0.3) is 0 Å². The molecule has 0 N–H and O–H groups in total. The number of sulfonamides is 1. The standard InChI is InChI=1S/C18H16F4N2O3S2/c19-12-3-1-2-4-14(12)28-11-16(25)23-7-9-24(10-8-23)29(26,27)15-6-5-13(20)17(21)18(15)22/h1-6H,7-11H2. The summed E-state index contributed by atoms with van der Waals surface area (Å²) in [6.45, 7) is -0.171. The van der Waals surface area contributed by atoms with Gasteiger partial charge in [0.05, 0.1) is 5.75 Å². The van der Waals surface area contributed by atoms with Gasteiger partial charge in [-0.3, -0.25) is 4.79 Å². The number of rotatable bonds is 5. The number of nitrogens with zero attached hydrogens (tertiary/aromatic N) is 2. The predicted octanol–water partition coefficient (Wildman–Crippen LogP) is 2.87. The molecule has 11 heteroatoms. The maximum absolute atomic E-state index is 13.9. The third kappa shape index (κ3) is 4.57. The first kappa shape index (κ1) is 21.6. The molecular formula is C18H16F4N2O3S2. The fourth-order valence-electron chi connectivity index (χ4n) is 2.82. The lowest BCUT2D eigenvalue weighted by Crippen LogP contribution is -2.51. The van der Waals surface area contributed by atoms with Crippen LogP contribution in [0.1, 0.15) is 0 Å². The second-order valence-corrected chi connectivity index (χ2v) is 9.10. The molecule has 1 saturated heterocycles. The van der Waals surface area contributed by atoms with E-state index in [9.17, 15) is 30.8 Å². The first-order valence-corrected chi connectivity index (χ1v) is 10.9.